The summed E-state index contributed by atoms with van der Waals surface area (Å²) in [4.78, 5) is 4.82. The number of anilines is 6. The Bertz CT molecular complexity index is 3570. The molecule has 0 saturated heterocycles. The highest BCUT2D eigenvalue weighted by Crippen LogP contribution is 2.54. The molecule has 0 atom stereocenters. The molecule has 0 spiro atoms. The first-order valence-corrected chi connectivity index (χ1v) is 21.7. The third kappa shape index (κ3) is 5.57. The Balaban J connectivity index is 1.04. The zero-order chi connectivity index (χ0) is 41.5. The molecule has 0 aliphatic heterocycles. The molecule has 0 saturated carbocycles. The zero-order valence-corrected chi connectivity index (χ0v) is 35.1. The van der Waals surface area contributed by atoms with Gasteiger partial charge in [-0.3, -0.25) is 0 Å². The van der Waals surface area contributed by atoms with Crippen LogP contribution < -0.4 is 9.80 Å². The maximum absolute atomic E-state index is 2.45. The Morgan fingerprint density at radius 3 is 1.58 bits per heavy atom. The first-order chi connectivity index (χ1) is 30.4. The van der Waals surface area contributed by atoms with E-state index in [2.05, 4.69) is 243 Å². The molecule has 11 aromatic rings. The van der Waals surface area contributed by atoms with Crippen molar-refractivity contribution in [3.63, 3.8) is 0 Å². The van der Waals surface area contributed by atoms with Gasteiger partial charge in [0.1, 0.15) is 0 Å². The predicted octanol–water partition coefficient (Wildman–Crippen LogP) is 17.0. The second-order valence-electron chi connectivity index (χ2n) is 17.4. The second-order valence-corrected chi connectivity index (χ2v) is 17.4. The first-order valence-electron chi connectivity index (χ1n) is 21.7. The summed E-state index contributed by atoms with van der Waals surface area (Å²) < 4.78 is 0. The van der Waals surface area contributed by atoms with Crippen LogP contribution in [0.2, 0.25) is 0 Å². The van der Waals surface area contributed by atoms with Crippen molar-refractivity contribution in [1.82, 2.24) is 0 Å². The van der Waals surface area contributed by atoms with Crippen LogP contribution >= 0.6 is 0 Å². The molecule has 2 heteroatoms. The molecular weight excluding hydrogens is 749 g/mol. The molecule has 12 rings (SSSR count). The number of nitrogens with zero attached hydrogens (tertiary/aromatic N) is 2. The molecule has 0 fully saturated rings. The lowest BCUT2D eigenvalue weighted by Crippen LogP contribution is -2.25. The molecule has 0 amide bonds. The average molecular weight is 793 g/mol. The van der Waals surface area contributed by atoms with Gasteiger partial charge in [-0.05, 0) is 161 Å². The van der Waals surface area contributed by atoms with Crippen molar-refractivity contribution in [2.75, 3.05) is 9.80 Å². The SMILES string of the molecule is Cc1c2c3c(cccc3c3cc(N(c4ccccc4)c4ccc5c(ccc6ccccc65)c4)ccc13)C(C)(C)c1cc(N(c3ccccc3)c3ccc4ccccc4c3)ccc1-2. The summed E-state index contributed by atoms with van der Waals surface area (Å²) in [6.45, 7) is 7.15. The van der Waals surface area contributed by atoms with Gasteiger partial charge in [-0.25, -0.2) is 0 Å². The van der Waals surface area contributed by atoms with E-state index in [1.165, 1.54) is 81.7 Å². The Labute approximate surface area is 362 Å². The summed E-state index contributed by atoms with van der Waals surface area (Å²) in [5, 5.41) is 12.7. The number of fused-ring (bicyclic) bond motifs is 8. The van der Waals surface area contributed by atoms with Crippen LogP contribution in [-0.2, 0) is 5.41 Å². The van der Waals surface area contributed by atoms with E-state index in [0.29, 0.717) is 0 Å². The van der Waals surface area contributed by atoms with E-state index in [-0.39, 0.29) is 5.41 Å². The minimum absolute atomic E-state index is 0.257. The van der Waals surface area contributed by atoms with Crippen molar-refractivity contribution >= 4 is 88.0 Å². The van der Waals surface area contributed by atoms with Gasteiger partial charge < -0.3 is 9.80 Å². The fraction of sp³-hybridized carbons (Fsp3) is 0.0667. The number of hydrogen-bond donors (Lipinski definition) is 0. The van der Waals surface area contributed by atoms with E-state index in [9.17, 15) is 0 Å². The van der Waals surface area contributed by atoms with Crippen LogP contribution in [0.25, 0.3) is 65.0 Å². The van der Waals surface area contributed by atoms with Gasteiger partial charge in [0.25, 0.3) is 0 Å². The van der Waals surface area contributed by atoms with Crippen LogP contribution in [0.3, 0.4) is 0 Å². The lowest BCUT2D eigenvalue weighted by atomic mass is 9.67. The third-order valence-electron chi connectivity index (χ3n) is 13.5. The van der Waals surface area contributed by atoms with E-state index in [1.54, 1.807) is 0 Å². The predicted molar refractivity (Wildman–Crippen MR) is 266 cm³/mol. The van der Waals surface area contributed by atoms with Gasteiger partial charge in [0.15, 0.2) is 0 Å². The van der Waals surface area contributed by atoms with Gasteiger partial charge in [0.05, 0.1) is 0 Å². The number of benzene rings is 11. The minimum atomic E-state index is -0.257. The van der Waals surface area contributed by atoms with Crippen LogP contribution in [0.15, 0.2) is 212 Å². The molecular formula is C60H44N2. The monoisotopic (exact) mass is 792 g/mol. The van der Waals surface area contributed by atoms with Crippen molar-refractivity contribution in [2.45, 2.75) is 26.2 Å². The highest BCUT2D eigenvalue weighted by molar-refractivity contribution is 6.19. The molecule has 1 aliphatic rings. The maximum Gasteiger partial charge on any atom is 0.0468 e. The molecule has 0 unspecified atom stereocenters. The van der Waals surface area contributed by atoms with Gasteiger partial charge >= 0.3 is 0 Å². The Morgan fingerprint density at radius 2 is 0.839 bits per heavy atom. The normalized spacial score (nSPS) is 12.9. The quantitative estimate of drug-likeness (QED) is 0.155. The van der Waals surface area contributed by atoms with Crippen LogP contribution in [0, 0.1) is 6.92 Å². The standard InChI is InChI=1S/C60H44N2/c1-39-50-32-29-48(61(44-18-6-4-7-19-44)47-30-33-52-43(36-47)26-25-41-16-12-13-22-51(41)52)37-55(50)53-23-14-24-56-59(53)58(39)54-34-31-49(38-57(54)60(56,2)3)62(45-20-8-5-9-21-45)46-28-27-40-15-10-11-17-42(40)35-46/h4-38H,1-3H3. The van der Waals surface area contributed by atoms with E-state index in [0.717, 1.165) is 34.1 Å². The van der Waals surface area contributed by atoms with E-state index in [1.807, 2.05) is 0 Å². The summed E-state index contributed by atoms with van der Waals surface area (Å²) in [5.41, 5.74) is 13.3. The fourth-order valence-corrected chi connectivity index (χ4v) is 10.5. The number of hydrogen-bond acceptors (Lipinski definition) is 2. The Morgan fingerprint density at radius 1 is 0.323 bits per heavy atom. The smallest absolute Gasteiger partial charge is 0.0468 e. The van der Waals surface area contributed by atoms with Crippen molar-refractivity contribution in [1.29, 1.82) is 0 Å². The Kier molecular flexibility index (Phi) is 8.14. The molecule has 0 aromatic heterocycles. The molecule has 0 heterocycles. The first kappa shape index (κ1) is 36.2. The average Bonchev–Trinajstić information content (AvgIpc) is 3.32. The Hall–Kier alpha value is -7.68. The maximum atomic E-state index is 2.45. The summed E-state index contributed by atoms with van der Waals surface area (Å²) in [5.74, 6) is 0. The van der Waals surface area contributed by atoms with E-state index >= 15 is 0 Å². The highest BCUT2D eigenvalue weighted by atomic mass is 15.1. The van der Waals surface area contributed by atoms with Crippen molar-refractivity contribution in [2.24, 2.45) is 0 Å². The van der Waals surface area contributed by atoms with Crippen molar-refractivity contribution in [3.8, 4) is 11.1 Å². The topological polar surface area (TPSA) is 6.48 Å². The van der Waals surface area contributed by atoms with Gasteiger partial charge in [-0.1, -0.05) is 153 Å². The van der Waals surface area contributed by atoms with Gasteiger partial charge in [-0.15, -0.1) is 0 Å². The largest absolute Gasteiger partial charge is 0.310 e. The van der Waals surface area contributed by atoms with Crippen molar-refractivity contribution < 1.29 is 0 Å². The van der Waals surface area contributed by atoms with Gasteiger partial charge in [-0.2, -0.15) is 0 Å². The summed E-state index contributed by atoms with van der Waals surface area (Å²) >= 11 is 0. The van der Waals surface area contributed by atoms with Crippen LogP contribution in [0.5, 0.6) is 0 Å². The van der Waals surface area contributed by atoms with Crippen LogP contribution in [0.4, 0.5) is 34.1 Å². The molecule has 294 valence electrons. The third-order valence-corrected chi connectivity index (χ3v) is 13.5. The fourth-order valence-electron chi connectivity index (χ4n) is 10.5. The highest BCUT2D eigenvalue weighted by Gasteiger charge is 2.36. The molecule has 1 aliphatic carbocycles. The van der Waals surface area contributed by atoms with Crippen molar-refractivity contribution in [3.05, 3.63) is 229 Å². The lowest BCUT2D eigenvalue weighted by molar-refractivity contribution is 0.645. The summed E-state index contributed by atoms with van der Waals surface area (Å²) in [7, 11) is 0. The second kappa shape index (κ2) is 13.9. The number of aryl methyl sites for hydroxylation is 1. The summed E-state index contributed by atoms with van der Waals surface area (Å²) in [6.07, 6.45) is 0. The minimum Gasteiger partial charge on any atom is -0.310 e. The van der Waals surface area contributed by atoms with Gasteiger partial charge in [0.2, 0.25) is 0 Å². The van der Waals surface area contributed by atoms with Crippen LogP contribution in [-0.4, -0.2) is 0 Å². The van der Waals surface area contributed by atoms with Gasteiger partial charge in [0, 0.05) is 39.5 Å². The molecule has 62 heavy (non-hydrogen) atoms. The molecule has 0 bridgehead atoms. The van der Waals surface area contributed by atoms with E-state index < -0.39 is 0 Å². The summed E-state index contributed by atoms with van der Waals surface area (Å²) in [6, 6.07) is 78.3. The number of para-hydroxylation sites is 2. The number of rotatable bonds is 6. The molecule has 11 aromatic carbocycles. The molecule has 0 radical (unpaired) electrons. The van der Waals surface area contributed by atoms with E-state index in [4.69, 9.17) is 0 Å². The lowest BCUT2D eigenvalue weighted by Gasteiger charge is -2.37. The van der Waals surface area contributed by atoms with Crippen LogP contribution in [0.1, 0.15) is 30.5 Å². The molecule has 2 nitrogen and oxygen atoms in total. The zero-order valence-electron chi connectivity index (χ0n) is 35.1. The molecule has 0 N–H and O–H groups in total.